The molecule has 1 heterocycles. The minimum absolute atomic E-state index is 0.0252. The van der Waals surface area contributed by atoms with E-state index in [1.54, 1.807) is 11.8 Å². The van der Waals surface area contributed by atoms with Crippen molar-refractivity contribution in [3.05, 3.63) is 34.9 Å². The molecule has 0 radical (unpaired) electrons. The smallest absolute Gasteiger partial charge is 0.225 e. The van der Waals surface area contributed by atoms with Gasteiger partial charge < -0.3 is 10.2 Å². The van der Waals surface area contributed by atoms with E-state index in [9.17, 15) is 9.59 Å². The Balaban J connectivity index is 1.34. The summed E-state index contributed by atoms with van der Waals surface area (Å²) in [4.78, 5) is 26.4. The van der Waals surface area contributed by atoms with E-state index in [-0.39, 0.29) is 17.7 Å². The van der Waals surface area contributed by atoms with Crippen molar-refractivity contribution >= 4 is 35.2 Å². The summed E-state index contributed by atoms with van der Waals surface area (Å²) in [7, 11) is 0. The molecule has 2 fully saturated rings. The van der Waals surface area contributed by atoms with Crippen LogP contribution in [0.3, 0.4) is 0 Å². The van der Waals surface area contributed by atoms with Gasteiger partial charge in [-0.05, 0) is 30.5 Å². The quantitative estimate of drug-likeness (QED) is 0.737. The Morgan fingerprint density at radius 3 is 2.88 bits per heavy atom. The zero-order valence-corrected chi connectivity index (χ0v) is 16.0. The van der Waals surface area contributed by atoms with Gasteiger partial charge in [0.25, 0.3) is 0 Å². The third-order valence-electron chi connectivity index (χ3n) is 5.00. The standard InChI is InChI=1S/C19H25ClN2O2S/c20-16-5-3-4-14(10-16)13-25-9-8-21-19(24)15-11-18(23)22(12-15)17-6-1-2-7-17/h3-5,10,15,17H,1-2,6-9,11-13H2,(H,21,24)/t15-/m0/s1. The van der Waals surface area contributed by atoms with Gasteiger partial charge in [0, 0.05) is 42.1 Å². The second-order valence-corrected chi connectivity index (χ2v) is 8.40. The predicted octanol–water partition coefficient (Wildman–Crippen LogP) is 3.48. The zero-order chi connectivity index (χ0) is 17.6. The number of likely N-dealkylation sites (tertiary alicyclic amines) is 1. The maximum Gasteiger partial charge on any atom is 0.225 e. The fourth-order valence-corrected chi connectivity index (χ4v) is 4.70. The Morgan fingerprint density at radius 2 is 2.12 bits per heavy atom. The average molecular weight is 381 g/mol. The fraction of sp³-hybridized carbons (Fsp3) is 0.579. The van der Waals surface area contributed by atoms with Gasteiger partial charge in [-0.1, -0.05) is 36.6 Å². The zero-order valence-electron chi connectivity index (χ0n) is 14.4. The number of nitrogens with zero attached hydrogens (tertiary/aromatic N) is 1. The monoisotopic (exact) mass is 380 g/mol. The van der Waals surface area contributed by atoms with E-state index in [1.165, 1.54) is 18.4 Å². The Bertz CT molecular complexity index is 619. The van der Waals surface area contributed by atoms with Crippen molar-refractivity contribution in [1.82, 2.24) is 10.2 Å². The van der Waals surface area contributed by atoms with Crippen molar-refractivity contribution in [2.45, 2.75) is 43.9 Å². The minimum atomic E-state index is -0.175. The molecular formula is C19H25ClN2O2S. The minimum Gasteiger partial charge on any atom is -0.355 e. The molecule has 1 N–H and O–H groups in total. The van der Waals surface area contributed by atoms with Crippen molar-refractivity contribution in [2.24, 2.45) is 5.92 Å². The first-order valence-corrected chi connectivity index (χ1v) is 10.6. The summed E-state index contributed by atoms with van der Waals surface area (Å²) < 4.78 is 0. The Hall–Kier alpha value is -1.20. The number of carbonyl (C=O) groups excluding carboxylic acids is 2. The summed E-state index contributed by atoms with van der Waals surface area (Å²) in [5.74, 6) is 1.74. The van der Waals surface area contributed by atoms with E-state index >= 15 is 0 Å². The van der Waals surface area contributed by atoms with E-state index in [4.69, 9.17) is 11.6 Å². The number of hydrogen-bond acceptors (Lipinski definition) is 3. The normalized spacial score (nSPS) is 21.1. The molecule has 1 aliphatic carbocycles. The van der Waals surface area contributed by atoms with Crippen molar-refractivity contribution in [1.29, 1.82) is 0 Å². The van der Waals surface area contributed by atoms with Gasteiger partial charge in [0.2, 0.25) is 11.8 Å². The molecule has 6 heteroatoms. The number of amides is 2. The number of thioether (sulfide) groups is 1. The SMILES string of the molecule is O=C(NCCSCc1cccc(Cl)c1)[C@H]1CC(=O)N(C2CCCC2)C1. The first-order chi connectivity index (χ1) is 12.1. The molecule has 3 rings (SSSR count). The van der Waals surface area contributed by atoms with Gasteiger partial charge in [-0.2, -0.15) is 11.8 Å². The van der Waals surface area contributed by atoms with Crippen LogP contribution in [0.4, 0.5) is 0 Å². The predicted molar refractivity (Wildman–Crippen MR) is 103 cm³/mol. The summed E-state index contributed by atoms with van der Waals surface area (Å²) in [6.45, 7) is 1.24. The van der Waals surface area contributed by atoms with Crippen molar-refractivity contribution < 1.29 is 9.59 Å². The number of hydrogen-bond donors (Lipinski definition) is 1. The highest BCUT2D eigenvalue weighted by Crippen LogP contribution is 2.29. The first-order valence-electron chi connectivity index (χ1n) is 9.03. The summed E-state index contributed by atoms with van der Waals surface area (Å²) in [5, 5.41) is 3.74. The number of nitrogens with one attached hydrogen (secondary N) is 1. The molecule has 1 saturated heterocycles. The van der Waals surface area contributed by atoms with E-state index in [2.05, 4.69) is 11.4 Å². The van der Waals surface area contributed by atoms with Crippen molar-refractivity contribution in [3.63, 3.8) is 0 Å². The van der Waals surface area contributed by atoms with Gasteiger partial charge in [-0.25, -0.2) is 0 Å². The topological polar surface area (TPSA) is 49.4 Å². The molecule has 0 bridgehead atoms. The van der Waals surface area contributed by atoms with E-state index in [0.29, 0.717) is 25.6 Å². The van der Waals surface area contributed by atoms with Gasteiger partial charge in [0.05, 0.1) is 5.92 Å². The van der Waals surface area contributed by atoms with Gasteiger partial charge in [0.15, 0.2) is 0 Å². The van der Waals surface area contributed by atoms with Crippen LogP contribution in [0.2, 0.25) is 5.02 Å². The molecule has 136 valence electrons. The third-order valence-corrected chi connectivity index (χ3v) is 6.26. The summed E-state index contributed by atoms with van der Waals surface area (Å²) in [6, 6.07) is 8.22. The van der Waals surface area contributed by atoms with Gasteiger partial charge in [-0.3, -0.25) is 9.59 Å². The maximum atomic E-state index is 12.3. The van der Waals surface area contributed by atoms with Gasteiger partial charge >= 0.3 is 0 Å². The first kappa shape index (κ1) is 18.6. The number of halogens is 1. The van der Waals surface area contributed by atoms with Crippen LogP contribution < -0.4 is 5.32 Å². The number of benzene rings is 1. The van der Waals surface area contributed by atoms with Crippen LogP contribution in [0.15, 0.2) is 24.3 Å². The second-order valence-electron chi connectivity index (χ2n) is 6.86. The molecule has 0 aromatic heterocycles. The van der Waals surface area contributed by atoms with Crippen LogP contribution in [0.5, 0.6) is 0 Å². The molecule has 1 aromatic carbocycles. The largest absolute Gasteiger partial charge is 0.355 e. The van der Waals surface area contributed by atoms with E-state index in [0.717, 1.165) is 29.4 Å². The number of rotatable bonds is 7. The Morgan fingerprint density at radius 1 is 1.32 bits per heavy atom. The highest BCUT2D eigenvalue weighted by molar-refractivity contribution is 7.98. The molecule has 2 aliphatic rings. The lowest BCUT2D eigenvalue weighted by Gasteiger charge is -2.23. The summed E-state index contributed by atoms with van der Waals surface area (Å²) in [6.07, 6.45) is 4.97. The van der Waals surface area contributed by atoms with Crippen LogP contribution >= 0.6 is 23.4 Å². The molecular weight excluding hydrogens is 356 g/mol. The maximum absolute atomic E-state index is 12.3. The van der Waals surface area contributed by atoms with Gasteiger partial charge in [0.1, 0.15) is 0 Å². The van der Waals surface area contributed by atoms with Gasteiger partial charge in [-0.15, -0.1) is 0 Å². The third kappa shape index (κ3) is 5.14. The summed E-state index contributed by atoms with van der Waals surface area (Å²) in [5.41, 5.74) is 1.19. The van der Waals surface area contributed by atoms with E-state index < -0.39 is 0 Å². The molecule has 1 aromatic rings. The van der Waals surface area contributed by atoms with Crippen molar-refractivity contribution in [3.8, 4) is 0 Å². The second kappa shape index (κ2) is 8.95. The molecule has 25 heavy (non-hydrogen) atoms. The Labute approximate surface area is 158 Å². The molecule has 1 atom stereocenters. The summed E-state index contributed by atoms with van der Waals surface area (Å²) >= 11 is 7.74. The molecule has 0 unspecified atom stereocenters. The van der Waals surface area contributed by atoms with Crippen LogP contribution in [-0.2, 0) is 15.3 Å². The Kier molecular flexibility index (Phi) is 6.65. The highest BCUT2D eigenvalue weighted by atomic mass is 35.5. The fourth-order valence-electron chi connectivity index (χ4n) is 3.68. The molecule has 1 saturated carbocycles. The lowest BCUT2D eigenvalue weighted by atomic mass is 10.1. The molecule has 1 aliphatic heterocycles. The van der Waals surface area contributed by atoms with Crippen LogP contribution in [0.25, 0.3) is 0 Å². The lowest BCUT2D eigenvalue weighted by Crippen LogP contribution is -2.37. The van der Waals surface area contributed by atoms with Crippen LogP contribution in [0, 0.1) is 5.92 Å². The molecule has 4 nitrogen and oxygen atoms in total. The van der Waals surface area contributed by atoms with Crippen molar-refractivity contribution in [2.75, 3.05) is 18.8 Å². The van der Waals surface area contributed by atoms with Crippen LogP contribution in [0.1, 0.15) is 37.7 Å². The highest BCUT2D eigenvalue weighted by Gasteiger charge is 2.38. The molecule has 0 spiro atoms. The lowest BCUT2D eigenvalue weighted by molar-refractivity contribution is -0.130. The van der Waals surface area contributed by atoms with E-state index in [1.807, 2.05) is 23.1 Å². The molecule has 2 amide bonds. The average Bonchev–Trinajstić information content (AvgIpc) is 3.23. The number of carbonyl (C=O) groups is 2. The van der Waals surface area contributed by atoms with Crippen LogP contribution in [-0.4, -0.2) is 41.6 Å².